The van der Waals surface area contributed by atoms with E-state index in [-0.39, 0.29) is 0 Å². The van der Waals surface area contributed by atoms with Crippen molar-refractivity contribution in [1.82, 2.24) is 4.98 Å². The standard InChI is InChI=1S/C11H17N3OS/c1-8(7-16-2)6-14-9-3-4-13-10(5-9)11(12)15/h3-5,8H,6-7H2,1-2H3,(H2,12,15)(H,13,14). The predicted octanol–water partition coefficient (Wildman–Crippen LogP) is 1.59. The summed E-state index contributed by atoms with van der Waals surface area (Å²) in [5, 5.41) is 3.26. The van der Waals surface area contributed by atoms with Gasteiger partial charge in [-0.2, -0.15) is 11.8 Å². The Bertz CT molecular complexity index is 357. The number of aromatic nitrogens is 1. The van der Waals surface area contributed by atoms with Crippen molar-refractivity contribution in [1.29, 1.82) is 0 Å². The van der Waals surface area contributed by atoms with Crippen molar-refractivity contribution in [3.63, 3.8) is 0 Å². The Kier molecular flexibility index (Phi) is 5.11. The molecule has 1 unspecified atom stereocenters. The lowest BCUT2D eigenvalue weighted by Gasteiger charge is -2.12. The summed E-state index contributed by atoms with van der Waals surface area (Å²) in [5.41, 5.74) is 6.33. The van der Waals surface area contributed by atoms with Gasteiger partial charge in [0, 0.05) is 18.4 Å². The molecule has 0 saturated heterocycles. The van der Waals surface area contributed by atoms with Gasteiger partial charge in [-0.15, -0.1) is 0 Å². The topological polar surface area (TPSA) is 68.0 Å². The summed E-state index contributed by atoms with van der Waals surface area (Å²) in [6.07, 6.45) is 3.68. The molecule has 1 rings (SSSR count). The van der Waals surface area contributed by atoms with Crippen molar-refractivity contribution in [2.24, 2.45) is 11.7 Å². The number of carbonyl (C=O) groups is 1. The van der Waals surface area contributed by atoms with Crippen LogP contribution in [0.4, 0.5) is 5.69 Å². The van der Waals surface area contributed by atoms with Crippen LogP contribution in [-0.2, 0) is 0 Å². The van der Waals surface area contributed by atoms with Gasteiger partial charge in [0.25, 0.3) is 5.91 Å². The Balaban J connectivity index is 2.54. The molecule has 0 fully saturated rings. The first-order valence-corrected chi connectivity index (χ1v) is 6.51. The molecular weight excluding hydrogens is 222 g/mol. The zero-order valence-electron chi connectivity index (χ0n) is 9.56. The second-order valence-electron chi connectivity index (χ2n) is 3.74. The first-order valence-electron chi connectivity index (χ1n) is 5.12. The molecule has 0 aliphatic rings. The van der Waals surface area contributed by atoms with Crippen LogP contribution in [-0.4, -0.2) is 29.4 Å². The Hall–Kier alpha value is -1.23. The van der Waals surface area contributed by atoms with Crippen molar-refractivity contribution < 1.29 is 4.79 Å². The Morgan fingerprint density at radius 3 is 3.06 bits per heavy atom. The lowest BCUT2D eigenvalue weighted by atomic mass is 10.2. The van der Waals surface area contributed by atoms with E-state index in [4.69, 9.17) is 5.73 Å². The maximum Gasteiger partial charge on any atom is 0.267 e. The van der Waals surface area contributed by atoms with E-state index >= 15 is 0 Å². The SMILES string of the molecule is CSCC(C)CNc1ccnc(C(N)=O)c1. The normalized spacial score (nSPS) is 12.1. The zero-order valence-corrected chi connectivity index (χ0v) is 10.4. The molecule has 0 spiro atoms. The van der Waals surface area contributed by atoms with Crippen molar-refractivity contribution in [3.8, 4) is 0 Å². The summed E-state index contributed by atoms with van der Waals surface area (Å²) in [6.45, 7) is 3.06. The van der Waals surface area contributed by atoms with Gasteiger partial charge in [0.05, 0.1) is 0 Å². The first kappa shape index (κ1) is 12.8. The molecule has 1 aromatic rings. The minimum absolute atomic E-state index is 0.294. The van der Waals surface area contributed by atoms with Crippen molar-refractivity contribution in [2.75, 3.05) is 23.9 Å². The molecule has 0 bridgehead atoms. The first-order chi connectivity index (χ1) is 7.63. The lowest BCUT2D eigenvalue weighted by Crippen LogP contribution is -2.15. The number of thioether (sulfide) groups is 1. The van der Waals surface area contributed by atoms with E-state index < -0.39 is 5.91 Å². The highest BCUT2D eigenvalue weighted by Gasteiger charge is 2.04. The van der Waals surface area contributed by atoms with Crippen LogP contribution in [0.15, 0.2) is 18.3 Å². The molecule has 1 aromatic heterocycles. The summed E-state index contributed by atoms with van der Waals surface area (Å²) in [5.74, 6) is 1.20. The fourth-order valence-electron chi connectivity index (χ4n) is 1.31. The number of hydrogen-bond acceptors (Lipinski definition) is 4. The molecular formula is C11H17N3OS. The van der Waals surface area contributed by atoms with E-state index in [0.717, 1.165) is 18.0 Å². The van der Waals surface area contributed by atoms with Crippen LogP contribution in [0.3, 0.4) is 0 Å². The second kappa shape index (κ2) is 6.37. The Morgan fingerprint density at radius 2 is 2.44 bits per heavy atom. The van der Waals surface area contributed by atoms with Crippen molar-refractivity contribution >= 4 is 23.4 Å². The quantitative estimate of drug-likeness (QED) is 0.791. The molecule has 0 radical (unpaired) electrons. The number of amides is 1. The van der Waals surface area contributed by atoms with Crippen molar-refractivity contribution in [3.05, 3.63) is 24.0 Å². The number of rotatable bonds is 6. The molecule has 1 heterocycles. The van der Waals surface area contributed by atoms with Gasteiger partial charge in [-0.05, 0) is 30.1 Å². The van der Waals surface area contributed by atoms with Gasteiger partial charge in [-0.3, -0.25) is 9.78 Å². The van der Waals surface area contributed by atoms with Gasteiger partial charge in [-0.25, -0.2) is 0 Å². The van der Waals surface area contributed by atoms with E-state index in [2.05, 4.69) is 23.5 Å². The van der Waals surface area contributed by atoms with Crippen LogP contribution in [0.5, 0.6) is 0 Å². The fourth-order valence-corrected chi connectivity index (χ4v) is 2.00. The fraction of sp³-hybridized carbons (Fsp3) is 0.455. The maximum absolute atomic E-state index is 10.9. The van der Waals surface area contributed by atoms with Crippen LogP contribution >= 0.6 is 11.8 Å². The Morgan fingerprint density at radius 1 is 1.69 bits per heavy atom. The van der Waals surface area contributed by atoms with E-state index in [1.807, 2.05) is 17.8 Å². The largest absolute Gasteiger partial charge is 0.385 e. The number of nitrogens with zero attached hydrogens (tertiary/aromatic N) is 1. The van der Waals surface area contributed by atoms with Crippen molar-refractivity contribution in [2.45, 2.75) is 6.92 Å². The third-order valence-corrected chi connectivity index (χ3v) is 3.02. The average Bonchev–Trinajstić information content (AvgIpc) is 2.27. The predicted molar refractivity (Wildman–Crippen MR) is 68.8 cm³/mol. The second-order valence-corrected chi connectivity index (χ2v) is 4.65. The number of primary amides is 1. The minimum atomic E-state index is -0.499. The van der Waals surface area contributed by atoms with E-state index in [1.165, 1.54) is 0 Å². The van der Waals surface area contributed by atoms with Crippen LogP contribution in [0.25, 0.3) is 0 Å². The third kappa shape index (κ3) is 4.10. The summed E-state index contributed by atoms with van der Waals surface area (Å²) in [7, 11) is 0. The molecule has 0 aliphatic heterocycles. The van der Waals surface area contributed by atoms with E-state index in [0.29, 0.717) is 11.6 Å². The summed E-state index contributed by atoms with van der Waals surface area (Å²) >= 11 is 1.83. The van der Waals surface area contributed by atoms with Crippen LogP contribution in [0.2, 0.25) is 0 Å². The summed E-state index contributed by atoms with van der Waals surface area (Å²) < 4.78 is 0. The highest BCUT2D eigenvalue weighted by atomic mass is 32.2. The number of nitrogens with two attached hydrogens (primary N) is 1. The van der Waals surface area contributed by atoms with E-state index in [1.54, 1.807) is 12.3 Å². The number of pyridine rings is 1. The van der Waals surface area contributed by atoms with Crippen LogP contribution in [0.1, 0.15) is 17.4 Å². The maximum atomic E-state index is 10.9. The van der Waals surface area contributed by atoms with Crippen LogP contribution in [0, 0.1) is 5.92 Å². The Labute approximate surface area is 100 Å². The van der Waals surface area contributed by atoms with E-state index in [9.17, 15) is 4.79 Å². The molecule has 0 saturated carbocycles. The molecule has 4 nitrogen and oxygen atoms in total. The molecule has 0 aromatic carbocycles. The number of anilines is 1. The molecule has 16 heavy (non-hydrogen) atoms. The summed E-state index contributed by atoms with van der Waals surface area (Å²) in [4.78, 5) is 14.8. The molecule has 88 valence electrons. The number of carbonyl (C=O) groups excluding carboxylic acids is 1. The molecule has 1 amide bonds. The molecule has 1 atom stereocenters. The average molecular weight is 239 g/mol. The molecule has 3 N–H and O–H groups in total. The highest BCUT2D eigenvalue weighted by Crippen LogP contribution is 2.10. The molecule has 0 aliphatic carbocycles. The third-order valence-electron chi connectivity index (χ3n) is 2.12. The highest BCUT2D eigenvalue weighted by molar-refractivity contribution is 7.98. The smallest absolute Gasteiger partial charge is 0.267 e. The van der Waals surface area contributed by atoms with Gasteiger partial charge in [0.1, 0.15) is 5.69 Å². The lowest BCUT2D eigenvalue weighted by molar-refractivity contribution is 0.0995. The van der Waals surface area contributed by atoms with Gasteiger partial charge in [0.15, 0.2) is 0 Å². The summed E-state index contributed by atoms with van der Waals surface area (Å²) in [6, 6.07) is 3.51. The minimum Gasteiger partial charge on any atom is -0.385 e. The van der Waals surface area contributed by atoms with Gasteiger partial charge in [0.2, 0.25) is 0 Å². The number of hydrogen-bond donors (Lipinski definition) is 2. The molecule has 5 heteroatoms. The van der Waals surface area contributed by atoms with Gasteiger partial charge >= 0.3 is 0 Å². The van der Waals surface area contributed by atoms with Gasteiger partial charge < -0.3 is 11.1 Å². The van der Waals surface area contributed by atoms with Gasteiger partial charge in [-0.1, -0.05) is 6.92 Å². The van der Waals surface area contributed by atoms with Crippen LogP contribution < -0.4 is 11.1 Å². The number of nitrogens with one attached hydrogen (secondary N) is 1. The zero-order chi connectivity index (χ0) is 12.0. The monoisotopic (exact) mass is 239 g/mol.